The molecule has 0 bridgehead atoms. The number of non-ortho nitro benzene ring substituents is 1. The fourth-order valence-corrected chi connectivity index (χ4v) is 2.41. The number of carbonyl (C=O) groups is 2. The third kappa shape index (κ3) is 5.53. The van der Waals surface area contributed by atoms with Crippen LogP contribution in [0.3, 0.4) is 0 Å². The number of carbonyl (C=O) groups excluding carboxylic acids is 2. The molecule has 0 aliphatic heterocycles. The van der Waals surface area contributed by atoms with Gasteiger partial charge in [0.15, 0.2) is 6.10 Å². The van der Waals surface area contributed by atoms with Gasteiger partial charge in [-0.1, -0.05) is 18.2 Å². The highest BCUT2D eigenvalue weighted by Crippen LogP contribution is 2.19. The highest BCUT2D eigenvalue weighted by molar-refractivity contribution is 5.96. The maximum atomic E-state index is 12.1. The van der Waals surface area contributed by atoms with Crippen molar-refractivity contribution in [3.05, 3.63) is 63.7 Å². The molecular formula is C19H21N3O5. The van der Waals surface area contributed by atoms with Crippen LogP contribution in [-0.4, -0.2) is 29.4 Å². The van der Waals surface area contributed by atoms with Crippen LogP contribution < -0.4 is 15.4 Å². The number of hydrogen-bond donors (Lipinski definition) is 2. The summed E-state index contributed by atoms with van der Waals surface area (Å²) < 4.78 is 5.43. The SMILES string of the molecule is Cc1cccc(C)c1NC(=O)CNC(=O)[C@H](C)Oc1ccc([N+](=O)[O-])cc1. The molecule has 0 spiro atoms. The highest BCUT2D eigenvalue weighted by atomic mass is 16.6. The van der Waals surface area contributed by atoms with Crippen LogP contribution in [0.2, 0.25) is 0 Å². The zero-order chi connectivity index (χ0) is 20.0. The van der Waals surface area contributed by atoms with Crippen LogP contribution in [0.5, 0.6) is 5.75 Å². The van der Waals surface area contributed by atoms with Crippen LogP contribution >= 0.6 is 0 Å². The summed E-state index contributed by atoms with van der Waals surface area (Å²) in [6.45, 7) is 5.11. The summed E-state index contributed by atoms with van der Waals surface area (Å²) in [6.07, 6.45) is -0.862. The van der Waals surface area contributed by atoms with Crippen molar-refractivity contribution in [2.45, 2.75) is 26.9 Å². The predicted octanol–water partition coefficient (Wildman–Crippen LogP) is 2.73. The normalized spacial score (nSPS) is 11.4. The number of rotatable bonds is 7. The van der Waals surface area contributed by atoms with Gasteiger partial charge in [0.05, 0.1) is 11.5 Å². The van der Waals surface area contributed by atoms with Gasteiger partial charge in [0.25, 0.3) is 11.6 Å². The number of ether oxygens (including phenoxy) is 1. The molecule has 142 valence electrons. The predicted molar refractivity (Wildman–Crippen MR) is 101 cm³/mol. The fourth-order valence-electron chi connectivity index (χ4n) is 2.41. The van der Waals surface area contributed by atoms with Crippen LogP contribution in [0, 0.1) is 24.0 Å². The number of benzene rings is 2. The Labute approximate surface area is 156 Å². The second-order valence-corrected chi connectivity index (χ2v) is 6.04. The summed E-state index contributed by atoms with van der Waals surface area (Å²) in [5, 5.41) is 15.9. The zero-order valence-corrected chi connectivity index (χ0v) is 15.3. The maximum Gasteiger partial charge on any atom is 0.269 e. The molecule has 0 aliphatic carbocycles. The minimum Gasteiger partial charge on any atom is -0.481 e. The Balaban J connectivity index is 1.85. The van der Waals surface area contributed by atoms with Gasteiger partial charge in [-0.2, -0.15) is 0 Å². The average molecular weight is 371 g/mol. The third-order valence-electron chi connectivity index (χ3n) is 3.90. The first-order valence-corrected chi connectivity index (χ1v) is 8.33. The molecular weight excluding hydrogens is 350 g/mol. The molecule has 0 heterocycles. The van der Waals surface area contributed by atoms with E-state index < -0.39 is 16.9 Å². The minimum absolute atomic E-state index is 0.0670. The largest absolute Gasteiger partial charge is 0.481 e. The Morgan fingerprint density at radius 3 is 2.26 bits per heavy atom. The van der Waals surface area contributed by atoms with Crippen LogP contribution in [0.25, 0.3) is 0 Å². The van der Waals surface area contributed by atoms with Gasteiger partial charge in [0, 0.05) is 17.8 Å². The lowest BCUT2D eigenvalue weighted by molar-refractivity contribution is -0.384. The van der Waals surface area contributed by atoms with E-state index in [2.05, 4.69) is 10.6 Å². The third-order valence-corrected chi connectivity index (χ3v) is 3.90. The van der Waals surface area contributed by atoms with Gasteiger partial charge < -0.3 is 15.4 Å². The van der Waals surface area contributed by atoms with E-state index in [-0.39, 0.29) is 18.1 Å². The van der Waals surface area contributed by atoms with E-state index in [0.29, 0.717) is 5.75 Å². The Hall–Kier alpha value is -3.42. The van der Waals surface area contributed by atoms with Crippen LogP contribution in [0.4, 0.5) is 11.4 Å². The van der Waals surface area contributed by atoms with E-state index in [0.717, 1.165) is 16.8 Å². The van der Waals surface area contributed by atoms with Crippen LogP contribution in [0.1, 0.15) is 18.1 Å². The lowest BCUT2D eigenvalue weighted by Crippen LogP contribution is -2.40. The number of nitro benzene ring substituents is 1. The van der Waals surface area contributed by atoms with E-state index in [1.165, 1.54) is 31.2 Å². The molecule has 0 radical (unpaired) electrons. The fraction of sp³-hybridized carbons (Fsp3) is 0.263. The van der Waals surface area contributed by atoms with Gasteiger partial charge in [0.1, 0.15) is 5.75 Å². The van der Waals surface area contributed by atoms with Gasteiger partial charge in [-0.25, -0.2) is 0 Å². The van der Waals surface area contributed by atoms with Gasteiger partial charge in [-0.15, -0.1) is 0 Å². The minimum atomic E-state index is -0.862. The van der Waals surface area contributed by atoms with Crippen molar-refractivity contribution in [3.8, 4) is 5.75 Å². The van der Waals surface area contributed by atoms with Gasteiger partial charge in [0.2, 0.25) is 5.91 Å². The Bertz CT molecular complexity index is 829. The number of nitrogens with one attached hydrogen (secondary N) is 2. The number of aryl methyl sites for hydroxylation is 2. The molecule has 8 heteroatoms. The first kappa shape index (κ1) is 19.9. The van der Waals surface area contributed by atoms with Crippen molar-refractivity contribution in [1.82, 2.24) is 5.32 Å². The Morgan fingerprint density at radius 1 is 1.11 bits per heavy atom. The molecule has 27 heavy (non-hydrogen) atoms. The van der Waals surface area contributed by atoms with Gasteiger partial charge in [-0.05, 0) is 44.0 Å². The Morgan fingerprint density at radius 2 is 1.70 bits per heavy atom. The molecule has 0 aromatic heterocycles. The molecule has 0 fully saturated rings. The number of amides is 2. The topological polar surface area (TPSA) is 111 Å². The molecule has 2 aromatic carbocycles. The van der Waals surface area contributed by atoms with Crippen molar-refractivity contribution in [2.24, 2.45) is 0 Å². The second-order valence-electron chi connectivity index (χ2n) is 6.04. The molecule has 0 unspecified atom stereocenters. The molecule has 2 amide bonds. The van der Waals surface area contributed by atoms with Crippen molar-refractivity contribution in [3.63, 3.8) is 0 Å². The summed E-state index contributed by atoms with van der Waals surface area (Å²) >= 11 is 0. The summed E-state index contributed by atoms with van der Waals surface area (Å²) in [5.74, 6) is -0.489. The summed E-state index contributed by atoms with van der Waals surface area (Å²) in [7, 11) is 0. The monoisotopic (exact) mass is 371 g/mol. The molecule has 0 aliphatic rings. The first-order chi connectivity index (χ1) is 12.8. The number of para-hydroxylation sites is 1. The smallest absolute Gasteiger partial charge is 0.269 e. The number of nitro groups is 1. The molecule has 8 nitrogen and oxygen atoms in total. The van der Waals surface area contributed by atoms with Crippen molar-refractivity contribution in [1.29, 1.82) is 0 Å². The summed E-state index contributed by atoms with van der Waals surface area (Å²) in [4.78, 5) is 34.3. The van der Waals surface area contributed by atoms with Crippen LogP contribution in [0.15, 0.2) is 42.5 Å². The number of hydrogen-bond acceptors (Lipinski definition) is 5. The van der Waals surface area contributed by atoms with E-state index in [4.69, 9.17) is 4.74 Å². The summed E-state index contributed by atoms with van der Waals surface area (Å²) in [5.41, 5.74) is 2.53. The molecule has 0 saturated carbocycles. The van der Waals surface area contributed by atoms with E-state index in [1.54, 1.807) is 0 Å². The second kappa shape index (κ2) is 8.79. The van der Waals surface area contributed by atoms with Gasteiger partial charge in [-0.3, -0.25) is 19.7 Å². The van der Waals surface area contributed by atoms with Gasteiger partial charge >= 0.3 is 0 Å². The lowest BCUT2D eigenvalue weighted by Gasteiger charge is -2.15. The van der Waals surface area contributed by atoms with Crippen molar-refractivity contribution >= 4 is 23.2 Å². The highest BCUT2D eigenvalue weighted by Gasteiger charge is 2.17. The molecule has 2 rings (SSSR count). The number of anilines is 1. The average Bonchev–Trinajstić information content (AvgIpc) is 2.63. The van der Waals surface area contributed by atoms with E-state index >= 15 is 0 Å². The first-order valence-electron chi connectivity index (χ1n) is 8.33. The van der Waals surface area contributed by atoms with E-state index in [1.807, 2.05) is 32.0 Å². The summed E-state index contributed by atoms with van der Waals surface area (Å²) in [6, 6.07) is 11.1. The standard InChI is InChI=1S/C19H21N3O5/c1-12-5-4-6-13(2)18(12)21-17(23)11-20-19(24)14(3)27-16-9-7-15(8-10-16)22(25)26/h4-10,14H,11H2,1-3H3,(H,20,24)(H,21,23)/t14-/m0/s1. The zero-order valence-electron chi connectivity index (χ0n) is 15.3. The molecule has 2 aromatic rings. The Kier molecular flexibility index (Phi) is 6.48. The van der Waals surface area contributed by atoms with Crippen molar-refractivity contribution in [2.75, 3.05) is 11.9 Å². The van der Waals surface area contributed by atoms with E-state index in [9.17, 15) is 19.7 Å². The van der Waals surface area contributed by atoms with Crippen LogP contribution in [-0.2, 0) is 9.59 Å². The molecule has 0 saturated heterocycles. The lowest BCUT2D eigenvalue weighted by atomic mass is 10.1. The maximum absolute atomic E-state index is 12.1. The molecule has 1 atom stereocenters. The van der Waals surface area contributed by atoms with Crippen molar-refractivity contribution < 1.29 is 19.2 Å². The number of nitrogens with zero attached hydrogens (tertiary/aromatic N) is 1. The molecule has 2 N–H and O–H groups in total. The quantitative estimate of drug-likeness (QED) is 0.574.